The van der Waals surface area contributed by atoms with E-state index in [0.717, 1.165) is 38.1 Å². The van der Waals surface area contributed by atoms with E-state index in [9.17, 15) is 9.59 Å². The van der Waals surface area contributed by atoms with Crippen LogP contribution in [0.25, 0.3) is 0 Å². The summed E-state index contributed by atoms with van der Waals surface area (Å²) in [6.07, 6.45) is 1.16. The van der Waals surface area contributed by atoms with Crippen molar-refractivity contribution >= 4 is 34.3 Å². The third-order valence-electron chi connectivity index (χ3n) is 6.75. The van der Waals surface area contributed by atoms with Gasteiger partial charge in [0.15, 0.2) is 5.78 Å². The predicted octanol–water partition coefficient (Wildman–Crippen LogP) is 6.40. The number of halogens is 1. The van der Waals surface area contributed by atoms with Crippen LogP contribution < -0.4 is 5.32 Å². The molecule has 5 heteroatoms. The second kappa shape index (κ2) is 10.2. The molecule has 0 spiro atoms. The number of Topliss-reactive ketones (excluding diaryl/α,β-unsaturated/α-hetero) is 1. The molecule has 0 saturated heterocycles. The molecule has 1 N–H and O–H groups in total. The standard InChI is InChI=1S/C30H26INO3/c1-19-27(30(34)35-18-20-10-4-2-5-11-20)28(23-14-8-9-15-24(23)31)29-25(32-19)16-22(17-26(29)33)21-12-6-3-7-13-21/h2-15,22,28,32H,16-18H2,1H3/t22-,28-/m0/s1. The number of rotatable bonds is 5. The van der Waals surface area contributed by atoms with E-state index in [-0.39, 0.29) is 18.3 Å². The van der Waals surface area contributed by atoms with Crippen molar-refractivity contribution in [2.24, 2.45) is 0 Å². The van der Waals surface area contributed by atoms with Crippen molar-refractivity contribution in [3.8, 4) is 0 Å². The minimum atomic E-state index is -0.452. The SMILES string of the molecule is CC1=C(C(=O)OCc2ccccc2)[C@H](c2ccccc2I)C2=C(C[C@H](c3ccccc3)CC2=O)N1. The van der Waals surface area contributed by atoms with Gasteiger partial charge in [0.05, 0.1) is 5.57 Å². The van der Waals surface area contributed by atoms with Crippen LogP contribution in [0.2, 0.25) is 0 Å². The summed E-state index contributed by atoms with van der Waals surface area (Å²) in [5.41, 5.74) is 5.90. The Bertz CT molecular complexity index is 1330. The first-order valence-corrected chi connectivity index (χ1v) is 12.8. The van der Waals surface area contributed by atoms with Crippen LogP contribution in [0.1, 0.15) is 48.3 Å². The van der Waals surface area contributed by atoms with Crippen LogP contribution in [-0.4, -0.2) is 11.8 Å². The topological polar surface area (TPSA) is 55.4 Å². The van der Waals surface area contributed by atoms with Gasteiger partial charge < -0.3 is 10.1 Å². The van der Waals surface area contributed by atoms with E-state index in [1.54, 1.807) is 0 Å². The van der Waals surface area contributed by atoms with Crippen LogP contribution >= 0.6 is 22.6 Å². The highest BCUT2D eigenvalue weighted by atomic mass is 127. The molecule has 3 aromatic rings. The number of carbonyl (C=O) groups excluding carboxylic acids is 2. The zero-order valence-corrected chi connectivity index (χ0v) is 21.6. The normalized spacial score (nSPS) is 19.8. The Labute approximate surface area is 219 Å². The molecule has 0 saturated carbocycles. The molecular weight excluding hydrogens is 549 g/mol. The Balaban J connectivity index is 1.53. The number of ether oxygens (including phenoxy) is 1. The second-order valence-electron chi connectivity index (χ2n) is 9.01. The van der Waals surface area contributed by atoms with E-state index in [1.807, 2.05) is 79.7 Å². The van der Waals surface area contributed by atoms with Gasteiger partial charge in [0.1, 0.15) is 6.61 Å². The average Bonchev–Trinajstić information content (AvgIpc) is 2.88. The van der Waals surface area contributed by atoms with Crippen molar-refractivity contribution in [2.45, 2.75) is 38.2 Å². The summed E-state index contributed by atoms with van der Waals surface area (Å²) in [7, 11) is 0. The van der Waals surface area contributed by atoms with Gasteiger partial charge in [0.25, 0.3) is 0 Å². The minimum absolute atomic E-state index is 0.0816. The molecule has 0 amide bonds. The largest absolute Gasteiger partial charge is 0.457 e. The van der Waals surface area contributed by atoms with Crippen molar-refractivity contribution in [1.82, 2.24) is 5.32 Å². The zero-order chi connectivity index (χ0) is 24.4. The summed E-state index contributed by atoms with van der Waals surface area (Å²) in [6, 6.07) is 27.8. The monoisotopic (exact) mass is 575 g/mol. The maximum absolute atomic E-state index is 13.7. The number of ketones is 1. The quantitative estimate of drug-likeness (QED) is 0.283. The number of carbonyl (C=O) groups is 2. The van der Waals surface area contributed by atoms with Gasteiger partial charge in [0, 0.05) is 32.9 Å². The van der Waals surface area contributed by atoms with Gasteiger partial charge in [-0.05, 0) is 64.6 Å². The summed E-state index contributed by atoms with van der Waals surface area (Å²) in [5, 5.41) is 3.43. The fraction of sp³-hybridized carbons (Fsp3) is 0.200. The lowest BCUT2D eigenvalue weighted by atomic mass is 9.72. The first-order chi connectivity index (χ1) is 17.0. The molecule has 35 heavy (non-hydrogen) atoms. The van der Waals surface area contributed by atoms with Gasteiger partial charge in [-0.2, -0.15) is 0 Å². The highest BCUT2D eigenvalue weighted by Gasteiger charge is 2.42. The van der Waals surface area contributed by atoms with Crippen molar-refractivity contribution < 1.29 is 14.3 Å². The molecule has 176 valence electrons. The van der Waals surface area contributed by atoms with Gasteiger partial charge in [-0.1, -0.05) is 78.9 Å². The van der Waals surface area contributed by atoms with Gasteiger partial charge in [0.2, 0.25) is 0 Å². The summed E-state index contributed by atoms with van der Waals surface area (Å²) < 4.78 is 6.78. The smallest absolute Gasteiger partial charge is 0.337 e. The van der Waals surface area contributed by atoms with Gasteiger partial charge in [-0.15, -0.1) is 0 Å². The lowest BCUT2D eigenvalue weighted by Gasteiger charge is -2.37. The van der Waals surface area contributed by atoms with Crippen molar-refractivity contribution in [3.63, 3.8) is 0 Å². The molecule has 1 heterocycles. The molecule has 0 radical (unpaired) electrons. The van der Waals surface area contributed by atoms with Crippen molar-refractivity contribution in [3.05, 3.63) is 128 Å². The number of allylic oxidation sites excluding steroid dienone is 3. The molecule has 0 fully saturated rings. The summed E-state index contributed by atoms with van der Waals surface area (Å²) in [6.45, 7) is 2.09. The van der Waals surface area contributed by atoms with Crippen LogP contribution in [-0.2, 0) is 20.9 Å². The van der Waals surface area contributed by atoms with E-state index in [0.29, 0.717) is 17.6 Å². The Morgan fingerprint density at radius 3 is 2.31 bits per heavy atom. The van der Waals surface area contributed by atoms with Crippen LogP contribution in [0.4, 0.5) is 0 Å². The van der Waals surface area contributed by atoms with Gasteiger partial charge in [-0.25, -0.2) is 4.79 Å². The lowest BCUT2D eigenvalue weighted by Crippen LogP contribution is -2.36. The Kier molecular flexibility index (Phi) is 6.86. The van der Waals surface area contributed by atoms with E-state index in [2.05, 4.69) is 40.0 Å². The second-order valence-corrected chi connectivity index (χ2v) is 10.2. The molecule has 0 unspecified atom stereocenters. The molecule has 1 aliphatic carbocycles. The number of esters is 1. The van der Waals surface area contributed by atoms with Crippen LogP contribution in [0.15, 0.2) is 107 Å². The number of hydrogen-bond acceptors (Lipinski definition) is 4. The third-order valence-corrected chi connectivity index (χ3v) is 7.73. The predicted molar refractivity (Wildman–Crippen MR) is 144 cm³/mol. The molecule has 4 nitrogen and oxygen atoms in total. The molecule has 1 aliphatic heterocycles. The van der Waals surface area contributed by atoms with Crippen LogP contribution in [0.3, 0.4) is 0 Å². The lowest BCUT2D eigenvalue weighted by molar-refractivity contribution is -0.140. The highest BCUT2D eigenvalue weighted by Crippen LogP contribution is 2.46. The van der Waals surface area contributed by atoms with E-state index in [1.165, 1.54) is 0 Å². The third kappa shape index (κ3) is 4.82. The molecule has 3 aromatic carbocycles. The van der Waals surface area contributed by atoms with E-state index >= 15 is 0 Å². The number of hydrogen-bond donors (Lipinski definition) is 1. The molecule has 2 aliphatic rings. The summed E-state index contributed by atoms with van der Waals surface area (Å²) in [4.78, 5) is 27.2. The summed E-state index contributed by atoms with van der Waals surface area (Å²) >= 11 is 2.29. The maximum atomic E-state index is 13.7. The average molecular weight is 575 g/mol. The molecule has 0 bridgehead atoms. The van der Waals surface area contributed by atoms with E-state index < -0.39 is 11.9 Å². The highest BCUT2D eigenvalue weighted by molar-refractivity contribution is 14.1. The van der Waals surface area contributed by atoms with Crippen LogP contribution in [0, 0.1) is 3.57 Å². The molecule has 2 atom stereocenters. The zero-order valence-electron chi connectivity index (χ0n) is 19.5. The fourth-order valence-electron chi connectivity index (χ4n) is 5.09. The maximum Gasteiger partial charge on any atom is 0.337 e. The number of dihydropyridines is 1. The van der Waals surface area contributed by atoms with E-state index in [4.69, 9.17) is 4.74 Å². The molecular formula is C30H26INO3. The Morgan fingerprint density at radius 2 is 1.60 bits per heavy atom. The van der Waals surface area contributed by atoms with Crippen molar-refractivity contribution in [1.29, 1.82) is 0 Å². The Hall–Kier alpha value is -3.19. The first kappa shape index (κ1) is 23.5. The van der Waals surface area contributed by atoms with Gasteiger partial charge >= 0.3 is 5.97 Å². The fourth-order valence-corrected chi connectivity index (χ4v) is 5.79. The Morgan fingerprint density at radius 1 is 0.943 bits per heavy atom. The number of nitrogens with one attached hydrogen (secondary N) is 1. The summed E-state index contributed by atoms with van der Waals surface area (Å²) in [5.74, 6) is -0.650. The first-order valence-electron chi connectivity index (χ1n) is 11.8. The minimum Gasteiger partial charge on any atom is -0.457 e. The van der Waals surface area contributed by atoms with Crippen LogP contribution in [0.5, 0.6) is 0 Å². The van der Waals surface area contributed by atoms with Gasteiger partial charge in [-0.3, -0.25) is 4.79 Å². The van der Waals surface area contributed by atoms with Crippen molar-refractivity contribution in [2.75, 3.05) is 0 Å². The molecule has 5 rings (SSSR count). The molecule has 0 aromatic heterocycles. The number of benzene rings is 3.